The Morgan fingerprint density at radius 1 is 1.33 bits per heavy atom. The highest BCUT2D eigenvalue weighted by atomic mass is 28.3. The summed E-state index contributed by atoms with van der Waals surface area (Å²) in [5.74, 6) is 0.825. The molecule has 0 bridgehead atoms. The third-order valence-corrected chi connectivity index (χ3v) is 5.47. The molecule has 1 saturated carbocycles. The van der Waals surface area contributed by atoms with E-state index >= 15 is 0 Å². The van der Waals surface area contributed by atoms with Gasteiger partial charge in [-0.2, -0.15) is 5.26 Å². The van der Waals surface area contributed by atoms with Crippen LogP contribution in [0.5, 0.6) is 0 Å². The lowest BCUT2D eigenvalue weighted by atomic mass is 10.0. The molecule has 2 rings (SSSR count). The van der Waals surface area contributed by atoms with E-state index in [0.717, 1.165) is 30.0 Å². The molecule has 1 aliphatic carbocycles. The van der Waals surface area contributed by atoms with Crippen LogP contribution in [0.1, 0.15) is 57.6 Å². The van der Waals surface area contributed by atoms with Crippen LogP contribution >= 0.6 is 0 Å². The van der Waals surface area contributed by atoms with Gasteiger partial charge in [-0.1, -0.05) is 45.7 Å². The number of nitriles is 1. The van der Waals surface area contributed by atoms with Crippen molar-refractivity contribution in [1.82, 2.24) is 0 Å². The number of rotatable bonds is 5. The van der Waals surface area contributed by atoms with Crippen LogP contribution < -0.4 is 0 Å². The Morgan fingerprint density at radius 3 is 2.43 bits per heavy atom. The summed E-state index contributed by atoms with van der Waals surface area (Å²) in [4.78, 5) is 0. The van der Waals surface area contributed by atoms with Crippen LogP contribution in [0.25, 0.3) is 0 Å². The largest absolute Gasteiger partial charge is 0.424 e. The van der Waals surface area contributed by atoms with Gasteiger partial charge in [0.25, 0.3) is 0 Å². The molecule has 0 amide bonds. The zero-order chi connectivity index (χ0) is 15.5. The Balaban J connectivity index is 2.23. The molecule has 0 atom stereocenters. The molecule has 110 valence electrons. The quantitative estimate of drug-likeness (QED) is 0.602. The summed E-state index contributed by atoms with van der Waals surface area (Å²) < 4.78 is 16.9. The van der Waals surface area contributed by atoms with Gasteiger partial charge in [-0.15, -0.1) is 0 Å². The van der Waals surface area contributed by atoms with Gasteiger partial charge in [0.15, 0.2) is 0 Å². The maximum Gasteiger partial charge on any atom is 0.424 e. The molecule has 0 saturated heterocycles. The highest BCUT2D eigenvalue weighted by Gasteiger charge is 2.26. The van der Waals surface area contributed by atoms with Gasteiger partial charge < -0.3 is 4.46 Å². The SMILES string of the molecule is CC(C)(C)[Si](=O)/N=C(\CCC1CC1)c1ccc(C#N)cc1. The van der Waals surface area contributed by atoms with Crippen molar-refractivity contribution in [2.45, 2.75) is 51.5 Å². The molecule has 1 aliphatic rings. The lowest BCUT2D eigenvalue weighted by Gasteiger charge is -2.13. The van der Waals surface area contributed by atoms with E-state index in [-0.39, 0.29) is 5.04 Å². The molecule has 0 spiro atoms. The summed E-state index contributed by atoms with van der Waals surface area (Å²) in [6, 6.07) is 9.56. The molecule has 1 fully saturated rings. The molecule has 0 aromatic heterocycles. The number of hydrogen-bond acceptors (Lipinski definition) is 2. The Bertz CT molecular complexity index is 587. The van der Waals surface area contributed by atoms with Gasteiger partial charge in [0.2, 0.25) is 0 Å². The Morgan fingerprint density at radius 2 is 1.95 bits per heavy atom. The first-order chi connectivity index (χ1) is 9.90. The minimum atomic E-state index is -2.02. The topological polar surface area (TPSA) is 53.2 Å². The molecule has 1 aromatic rings. The van der Waals surface area contributed by atoms with Gasteiger partial charge in [-0.25, -0.2) is 0 Å². The maximum atomic E-state index is 12.4. The molecule has 4 heteroatoms. The third-order valence-electron chi connectivity index (χ3n) is 3.71. The summed E-state index contributed by atoms with van der Waals surface area (Å²) in [5, 5.41) is 8.60. The van der Waals surface area contributed by atoms with E-state index in [1.54, 1.807) is 12.1 Å². The van der Waals surface area contributed by atoms with Crippen LogP contribution in [0.15, 0.2) is 28.9 Å². The summed E-state index contributed by atoms with van der Waals surface area (Å²) in [6.45, 7) is 5.90. The van der Waals surface area contributed by atoms with E-state index in [9.17, 15) is 4.46 Å². The standard InChI is InChI=1S/C17H22N2OSi/c1-17(2,3)21(20)19-16(11-8-13-4-5-13)15-9-6-14(12-18)7-10-15/h6-7,9-10,13H,4-5,8,11H2,1-3H3/b19-16+. The average Bonchev–Trinajstić information content (AvgIpc) is 3.26. The van der Waals surface area contributed by atoms with Crippen LogP contribution in [0.3, 0.4) is 0 Å². The van der Waals surface area contributed by atoms with Crippen molar-refractivity contribution < 1.29 is 4.46 Å². The van der Waals surface area contributed by atoms with E-state index in [1.165, 1.54) is 12.8 Å². The van der Waals surface area contributed by atoms with E-state index < -0.39 is 8.84 Å². The molecule has 1 aromatic carbocycles. The summed E-state index contributed by atoms with van der Waals surface area (Å²) in [7, 11) is -2.02. The van der Waals surface area contributed by atoms with E-state index in [0.29, 0.717) is 5.56 Å². The van der Waals surface area contributed by atoms with E-state index in [1.807, 2.05) is 32.9 Å². The van der Waals surface area contributed by atoms with Crippen molar-refractivity contribution in [2.24, 2.45) is 10.6 Å². The fourth-order valence-electron chi connectivity index (χ4n) is 2.04. The van der Waals surface area contributed by atoms with Gasteiger partial charge >= 0.3 is 8.84 Å². The summed E-state index contributed by atoms with van der Waals surface area (Å²) >= 11 is 0. The Kier molecular flexibility index (Phi) is 4.84. The molecule has 0 N–H and O–H groups in total. The first kappa shape index (κ1) is 15.8. The fraction of sp³-hybridized carbons (Fsp3) is 0.529. The van der Waals surface area contributed by atoms with Gasteiger partial charge in [-0.3, -0.25) is 4.66 Å². The lowest BCUT2D eigenvalue weighted by Crippen LogP contribution is -2.17. The smallest absolute Gasteiger partial charge is 0.357 e. The molecule has 0 radical (unpaired) electrons. The van der Waals surface area contributed by atoms with Crippen molar-refractivity contribution in [1.29, 1.82) is 5.26 Å². The second-order valence-electron chi connectivity index (χ2n) is 6.78. The summed E-state index contributed by atoms with van der Waals surface area (Å²) in [6.07, 6.45) is 4.63. The Hall–Kier alpha value is -1.60. The molecular weight excluding hydrogens is 276 g/mol. The number of benzene rings is 1. The van der Waals surface area contributed by atoms with E-state index in [4.69, 9.17) is 5.26 Å². The third kappa shape index (κ3) is 4.71. The van der Waals surface area contributed by atoms with Gasteiger partial charge in [0.1, 0.15) is 0 Å². The minimum Gasteiger partial charge on any atom is -0.357 e. The van der Waals surface area contributed by atoms with Crippen molar-refractivity contribution in [3.63, 3.8) is 0 Å². The van der Waals surface area contributed by atoms with Crippen molar-refractivity contribution in [2.75, 3.05) is 0 Å². The predicted molar refractivity (Wildman–Crippen MR) is 85.8 cm³/mol. The minimum absolute atomic E-state index is 0.276. The lowest BCUT2D eigenvalue weighted by molar-refractivity contribution is 0.526. The van der Waals surface area contributed by atoms with Crippen molar-refractivity contribution >= 4 is 14.6 Å². The van der Waals surface area contributed by atoms with Gasteiger partial charge in [0, 0.05) is 10.7 Å². The monoisotopic (exact) mass is 298 g/mol. The van der Waals surface area contributed by atoms with Crippen LogP contribution in [0, 0.1) is 17.2 Å². The molecule has 21 heavy (non-hydrogen) atoms. The predicted octanol–water partition coefficient (Wildman–Crippen LogP) is 4.26. The number of nitrogens with zero attached hydrogens (tertiary/aromatic N) is 2. The summed E-state index contributed by atoms with van der Waals surface area (Å²) in [5.41, 5.74) is 2.58. The molecule has 0 heterocycles. The van der Waals surface area contributed by atoms with Crippen molar-refractivity contribution in [3.8, 4) is 6.07 Å². The molecule has 0 aliphatic heterocycles. The molecular formula is C17H22N2OSi. The second kappa shape index (κ2) is 6.44. The zero-order valence-electron chi connectivity index (χ0n) is 13.0. The first-order valence-corrected chi connectivity index (χ1v) is 8.88. The van der Waals surface area contributed by atoms with Crippen LogP contribution in [-0.2, 0) is 4.46 Å². The van der Waals surface area contributed by atoms with Crippen LogP contribution in [0.4, 0.5) is 0 Å². The van der Waals surface area contributed by atoms with E-state index in [2.05, 4.69) is 10.7 Å². The highest BCUT2D eigenvalue weighted by Crippen LogP contribution is 2.34. The Labute approximate surface area is 128 Å². The van der Waals surface area contributed by atoms with Crippen LogP contribution in [-0.4, -0.2) is 14.6 Å². The second-order valence-corrected chi connectivity index (χ2v) is 9.12. The van der Waals surface area contributed by atoms with Crippen molar-refractivity contribution in [3.05, 3.63) is 35.4 Å². The molecule has 0 unspecified atom stereocenters. The average molecular weight is 298 g/mol. The van der Waals surface area contributed by atoms with Gasteiger partial charge in [0.05, 0.1) is 11.6 Å². The van der Waals surface area contributed by atoms with Crippen LogP contribution in [0.2, 0.25) is 5.04 Å². The fourth-order valence-corrected chi connectivity index (χ4v) is 2.86. The van der Waals surface area contributed by atoms with Gasteiger partial charge in [-0.05, 0) is 36.5 Å². The first-order valence-electron chi connectivity index (χ1n) is 7.52. The zero-order valence-corrected chi connectivity index (χ0v) is 14.0. The normalized spacial score (nSPS) is 15.6. The molecule has 3 nitrogen and oxygen atoms in total. The maximum absolute atomic E-state index is 12.4. The highest BCUT2D eigenvalue weighted by molar-refractivity contribution is 6.47. The number of hydrogen-bond donors (Lipinski definition) is 0.